The fraction of sp³-hybridized carbons (Fsp3) is 0.889. The SMILES string of the molecule is CCCCCCOC(=O)C1(C(=O)OCCCCCC)CCC1. The van der Waals surface area contributed by atoms with Gasteiger partial charge in [0.15, 0.2) is 5.41 Å². The van der Waals surface area contributed by atoms with Crippen molar-refractivity contribution in [2.24, 2.45) is 5.41 Å². The first-order valence-corrected chi connectivity index (χ1v) is 9.02. The van der Waals surface area contributed by atoms with Crippen LogP contribution in [-0.2, 0) is 19.1 Å². The van der Waals surface area contributed by atoms with Gasteiger partial charge in [-0.25, -0.2) is 0 Å². The summed E-state index contributed by atoms with van der Waals surface area (Å²) < 4.78 is 10.6. The van der Waals surface area contributed by atoms with Gasteiger partial charge in [-0.3, -0.25) is 9.59 Å². The summed E-state index contributed by atoms with van der Waals surface area (Å²) in [5, 5.41) is 0. The summed E-state index contributed by atoms with van der Waals surface area (Å²) in [5.74, 6) is -0.734. The van der Waals surface area contributed by atoms with Crippen LogP contribution in [0.15, 0.2) is 0 Å². The van der Waals surface area contributed by atoms with Crippen molar-refractivity contribution < 1.29 is 19.1 Å². The Morgan fingerprint density at radius 1 is 0.773 bits per heavy atom. The molecule has 1 saturated carbocycles. The number of esters is 2. The van der Waals surface area contributed by atoms with E-state index in [0.717, 1.165) is 57.8 Å². The van der Waals surface area contributed by atoms with E-state index in [0.29, 0.717) is 26.1 Å². The van der Waals surface area contributed by atoms with Crippen molar-refractivity contribution in [3.63, 3.8) is 0 Å². The Bertz CT molecular complexity index is 306. The highest BCUT2D eigenvalue weighted by Gasteiger charge is 2.53. The molecule has 0 amide bonds. The normalized spacial score (nSPS) is 15.9. The molecular weight excluding hydrogens is 280 g/mol. The van der Waals surface area contributed by atoms with Crippen LogP contribution in [0.2, 0.25) is 0 Å². The lowest BCUT2D eigenvalue weighted by molar-refractivity contribution is -0.179. The first-order chi connectivity index (χ1) is 10.7. The van der Waals surface area contributed by atoms with Gasteiger partial charge in [-0.05, 0) is 32.1 Å². The van der Waals surface area contributed by atoms with E-state index in [1.165, 1.54) is 0 Å². The lowest BCUT2D eigenvalue weighted by Gasteiger charge is -2.36. The van der Waals surface area contributed by atoms with E-state index in [9.17, 15) is 9.59 Å². The largest absolute Gasteiger partial charge is 0.465 e. The Morgan fingerprint density at radius 3 is 1.55 bits per heavy atom. The van der Waals surface area contributed by atoms with Crippen molar-refractivity contribution in [1.82, 2.24) is 0 Å². The number of unbranched alkanes of at least 4 members (excludes halogenated alkanes) is 6. The molecule has 0 radical (unpaired) electrons. The number of rotatable bonds is 12. The van der Waals surface area contributed by atoms with Gasteiger partial charge in [0.1, 0.15) is 0 Å². The van der Waals surface area contributed by atoms with Gasteiger partial charge < -0.3 is 9.47 Å². The average molecular weight is 312 g/mol. The lowest BCUT2D eigenvalue weighted by atomic mass is 9.69. The Hall–Kier alpha value is -1.06. The number of carbonyl (C=O) groups excluding carboxylic acids is 2. The predicted octanol–water partition coefficient (Wildman–Crippen LogP) is 4.40. The predicted molar refractivity (Wildman–Crippen MR) is 86.5 cm³/mol. The second kappa shape index (κ2) is 10.6. The average Bonchev–Trinajstić information content (AvgIpc) is 2.45. The molecule has 0 saturated heterocycles. The number of ether oxygens (including phenoxy) is 2. The van der Waals surface area contributed by atoms with Crippen molar-refractivity contribution in [1.29, 1.82) is 0 Å². The smallest absolute Gasteiger partial charge is 0.323 e. The third kappa shape index (κ3) is 5.62. The highest BCUT2D eigenvalue weighted by molar-refractivity contribution is 6.01. The lowest BCUT2D eigenvalue weighted by Crippen LogP contribution is -2.47. The molecule has 0 spiro atoms. The van der Waals surface area contributed by atoms with E-state index in [4.69, 9.17) is 9.47 Å². The van der Waals surface area contributed by atoms with Gasteiger partial charge in [0.05, 0.1) is 13.2 Å². The van der Waals surface area contributed by atoms with Crippen LogP contribution in [-0.4, -0.2) is 25.2 Å². The van der Waals surface area contributed by atoms with E-state index in [-0.39, 0.29) is 11.9 Å². The molecule has 1 rings (SSSR count). The van der Waals surface area contributed by atoms with Crippen molar-refractivity contribution in [2.45, 2.75) is 84.5 Å². The first-order valence-electron chi connectivity index (χ1n) is 9.02. The monoisotopic (exact) mass is 312 g/mol. The maximum absolute atomic E-state index is 12.2. The zero-order chi connectivity index (χ0) is 16.3. The summed E-state index contributed by atoms with van der Waals surface area (Å²) in [6.07, 6.45) is 10.6. The summed E-state index contributed by atoms with van der Waals surface area (Å²) in [6.45, 7) is 5.13. The zero-order valence-corrected chi connectivity index (χ0v) is 14.3. The van der Waals surface area contributed by atoms with E-state index in [1.807, 2.05) is 0 Å². The molecule has 0 N–H and O–H groups in total. The number of hydrogen-bond acceptors (Lipinski definition) is 4. The molecule has 0 heterocycles. The molecule has 0 bridgehead atoms. The molecule has 128 valence electrons. The molecule has 22 heavy (non-hydrogen) atoms. The molecule has 0 aromatic rings. The van der Waals surface area contributed by atoms with Crippen LogP contribution in [0.4, 0.5) is 0 Å². The van der Waals surface area contributed by atoms with Crippen LogP contribution in [0.1, 0.15) is 84.5 Å². The van der Waals surface area contributed by atoms with E-state index in [2.05, 4.69) is 13.8 Å². The molecule has 1 aliphatic rings. The third-order valence-corrected chi connectivity index (χ3v) is 4.45. The van der Waals surface area contributed by atoms with E-state index in [1.54, 1.807) is 0 Å². The quantitative estimate of drug-likeness (QED) is 0.304. The minimum Gasteiger partial charge on any atom is -0.465 e. The van der Waals surface area contributed by atoms with Crippen molar-refractivity contribution >= 4 is 11.9 Å². The van der Waals surface area contributed by atoms with Gasteiger partial charge in [0.25, 0.3) is 0 Å². The van der Waals surface area contributed by atoms with Gasteiger partial charge >= 0.3 is 11.9 Å². The van der Waals surface area contributed by atoms with Gasteiger partial charge in [0.2, 0.25) is 0 Å². The Labute approximate surface area is 134 Å². The van der Waals surface area contributed by atoms with Crippen LogP contribution in [0, 0.1) is 5.41 Å². The molecule has 0 aromatic heterocycles. The van der Waals surface area contributed by atoms with Crippen molar-refractivity contribution in [3.05, 3.63) is 0 Å². The number of carbonyl (C=O) groups is 2. The molecule has 1 aliphatic carbocycles. The molecule has 0 aromatic carbocycles. The Morgan fingerprint density at radius 2 is 1.23 bits per heavy atom. The van der Waals surface area contributed by atoms with Crippen LogP contribution in [0.5, 0.6) is 0 Å². The highest BCUT2D eigenvalue weighted by Crippen LogP contribution is 2.43. The van der Waals surface area contributed by atoms with E-state index >= 15 is 0 Å². The summed E-state index contributed by atoms with van der Waals surface area (Å²) in [6, 6.07) is 0. The molecule has 4 nitrogen and oxygen atoms in total. The van der Waals surface area contributed by atoms with Crippen LogP contribution in [0.3, 0.4) is 0 Å². The standard InChI is InChI=1S/C18H32O4/c1-3-5-7-9-14-21-16(19)18(12-11-13-18)17(20)22-15-10-8-6-4-2/h3-15H2,1-2H3. The fourth-order valence-corrected chi connectivity index (χ4v) is 2.69. The molecule has 0 unspecified atom stereocenters. The molecule has 0 atom stereocenters. The maximum atomic E-state index is 12.2. The van der Waals surface area contributed by atoms with Crippen LogP contribution in [0.25, 0.3) is 0 Å². The summed E-state index contributed by atoms with van der Waals surface area (Å²) in [5.41, 5.74) is -0.991. The minimum absolute atomic E-state index is 0.367. The van der Waals surface area contributed by atoms with Crippen LogP contribution < -0.4 is 0 Å². The maximum Gasteiger partial charge on any atom is 0.323 e. The van der Waals surface area contributed by atoms with Gasteiger partial charge in [-0.2, -0.15) is 0 Å². The Balaban J connectivity index is 2.29. The van der Waals surface area contributed by atoms with Crippen molar-refractivity contribution in [2.75, 3.05) is 13.2 Å². The Kier molecular flexibility index (Phi) is 9.17. The number of hydrogen-bond donors (Lipinski definition) is 0. The second-order valence-electron chi connectivity index (χ2n) is 6.33. The minimum atomic E-state index is -0.991. The van der Waals surface area contributed by atoms with Crippen molar-refractivity contribution in [3.8, 4) is 0 Å². The van der Waals surface area contributed by atoms with Gasteiger partial charge in [0, 0.05) is 0 Å². The molecule has 4 heteroatoms. The second-order valence-corrected chi connectivity index (χ2v) is 6.33. The topological polar surface area (TPSA) is 52.6 Å². The highest BCUT2D eigenvalue weighted by atomic mass is 16.6. The summed E-state index contributed by atoms with van der Waals surface area (Å²) >= 11 is 0. The molecule has 0 aliphatic heterocycles. The first kappa shape index (κ1) is 19.0. The molecule has 1 fully saturated rings. The summed E-state index contributed by atoms with van der Waals surface area (Å²) in [7, 11) is 0. The van der Waals surface area contributed by atoms with Gasteiger partial charge in [-0.15, -0.1) is 0 Å². The fourth-order valence-electron chi connectivity index (χ4n) is 2.69. The third-order valence-electron chi connectivity index (χ3n) is 4.45. The van der Waals surface area contributed by atoms with Crippen LogP contribution >= 0.6 is 0 Å². The zero-order valence-electron chi connectivity index (χ0n) is 14.3. The van der Waals surface area contributed by atoms with Gasteiger partial charge in [-0.1, -0.05) is 52.4 Å². The van der Waals surface area contributed by atoms with E-state index < -0.39 is 5.41 Å². The molecular formula is C18H32O4. The summed E-state index contributed by atoms with van der Waals surface area (Å²) in [4.78, 5) is 24.5.